The van der Waals surface area contributed by atoms with Crippen molar-refractivity contribution in [2.45, 2.75) is 38.5 Å². The van der Waals surface area contributed by atoms with E-state index in [9.17, 15) is 9.59 Å². The lowest BCUT2D eigenvalue weighted by atomic mass is 9.83. The van der Waals surface area contributed by atoms with Crippen LogP contribution >= 0.6 is 0 Å². The fraction of sp³-hybridized carbons (Fsp3) is 0.364. The molecule has 4 rings (SSSR count). The van der Waals surface area contributed by atoms with Gasteiger partial charge in [-0.3, -0.25) is 9.59 Å². The SMILES string of the molecule is CCCC(=O)Nc1cc2c(cc1OC)NC(=O)CC2c1ccc2c(c1)CCO2. The summed E-state index contributed by atoms with van der Waals surface area (Å²) in [5, 5.41) is 5.88. The van der Waals surface area contributed by atoms with Crippen LogP contribution in [0.4, 0.5) is 11.4 Å². The number of anilines is 2. The van der Waals surface area contributed by atoms with E-state index in [4.69, 9.17) is 9.47 Å². The average Bonchev–Trinajstić information content (AvgIpc) is 3.15. The molecule has 0 aliphatic carbocycles. The Morgan fingerprint density at radius 1 is 1.32 bits per heavy atom. The monoisotopic (exact) mass is 380 g/mol. The molecule has 28 heavy (non-hydrogen) atoms. The summed E-state index contributed by atoms with van der Waals surface area (Å²) < 4.78 is 11.0. The minimum atomic E-state index is -0.0811. The molecule has 0 saturated heterocycles. The maximum absolute atomic E-state index is 12.3. The molecule has 2 aliphatic heterocycles. The molecule has 2 aromatic carbocycles. The van der Waals surface area contributed by atoms with Crippen LogP contribution in [0.1, 0.15) is 48.8 Å². The predicted molar refractivity (Wildman–Crippen MR) is 107 cm³/mol. The zero-order chi connectivity index (χ0) is 19.7. The van der Waals surface area contributed by atoms with E-state index in [0.29, 0.717) is 30.9 Å². The molecule has 0 radical (unpaired) electrons. The number of hydrogen-bond donors (Lipinski definition) is 2. The molecule has 2 aliphatic rings. The fourth-order valence-corrected chi connectivity index (χ4v) is 3.92. The molecule has 0 saturated carbocycles. The second kappa shape index (κ2) is 7.54. The molecule has 1 atom stereocenters. The van der Waals surface area contributed by atoms with Gasteiger partial charge in [0.25, 0.3) is 0 Å². The second-order valence-corrected chi connectivity index (χ2v) is 7.21. The van der Waals surface area contributed by atoms with Crippen LogP contribution in [0.2, 0.25) is 0 Å². The normalized spacial score (nSPS) is 17.2. The minimum absolute atomic E-state index is 0.0286. The largest absolute Gasteiger partial charge is 0.494 e. The number of rotatable bonds is 5. The number of benzene rings is 2. The van der Waals surface area contributed by atoms with E-state index < -0.39 is 0 Å². The zero-order valence-electron chi connectivity index (χ0n) is 16.1. The molecule has 0 bridgehead atoms. The van der Waals surface area contributed by atoms with Gasteiger partial charge >= 0.3 is 0 Å². The Morgan fingerprint density at radius 3 is 2.96 bits per heavy atom. The first-order valence-electron chi connectivity index (χ1n) is 9.66. The second-order valence-electron chi connectivity index (χ2n) is 7.21. The third kappa shape index (κ3) is 3.42. The zero-order valence-corrected chi connectivity index (χ0v) is 16.1. The van der Waals surface area contributed by atoms with E-state index in [2.05, 4.69) is 16.7 Å². The highest BCUT2D eigenvalue weighted by atomic mass is 16.5. The summed E-state index contributed by atoms with van der Waals surface area (Å²) in [7, 11) is 1.56. The summed E-state index contributed by atoms with van der Waals surface area (Å²) in [6.07, 6.45) is 2.47. The number of ether oxygens (including phenoxy) is 2. The number of hydrogen-bond acceptors (Lipinski definition) is 4. The van der Waals surface area contributed by atoms with Crippen molar-refractivity contribution >= 4 is 23.2 Å². The van der Waals surface area contributed by atoms with Gasteiger partial charge in [-0.2, -0.15) is 0 Å². The van der Waals surface area contributed by atoms with Crippen molar-refractivity contribution in [1.82, 2.24) is 0 Å². The van der Waals surface area contributed by atoms with Crippen LogP contribution in [0, 0.1) is 0 Å². The van der Waals surface area contributed by atoms with Gasteiger partial charge in [-0.25, -0.2) is 0 Å². The molecular weight excluding hydrogens is 356 g/mol. The topological polar surface area (TPSA) is 76.7 Å². The Morgan fingerprint density at radius 2 is 2.18 bits per heavy atom. The van der Waals surface area contributed by atoms with Crippen molar-refractivity contribution in [3.05, 3.63) is 47.0 Å². The predicted octanol–water partition coefficient (Wildman–Crippen LogP) is 3.84. The average molecular weight is 380 g/mol. The van der Waals surface area contributed by atoms with Gasteiger partial charge in [0.1, 0.15) is 11.5 Å². The van der Waals surface area contributed by atoms with Gasteiger partial charge in [0.2, 0.25) is 11.8 Å². The molecule has 2 aromatic rings. The van der Waals surface area contributed by atoms with Crippen LogP contribution in [0.5, 0.6) is 11.5 Å². The first-order valence-corrected chi connectivity index (χ1v) is 9.66. The molecule has 6 heteroatoms. The molecule has 6 nitrogen and oxygen atoms in total. The Labute approximate surface area is 164 Å². The smallest absolute Gasteiger partial charge is 0.225 e. The van der Waals surface area contributed by atoms with Gasteiger partial charge in [0.15, 0.2) is 0 Å². The van der Waals surface area contributed by atoms with Gasteiger partial charge in [-0.1, -0.05) is 19.1 Å². The Hall–Kier alpha value is -3.02. The van der Waals surface area contributed by atoms with Crippen molar-refractivity contribution < 1.29 is 19.1 Å². The van der Waals surface area contributed by atoms with Crippen molar-refractivity contribution in [2.24, 2.45) is 0 Å². The molecule has 2 amide bonds. The minimum Gasteiger partial charge on any atom is -0.494 e. The standard InChI is InChI=1S/C22H24N2O4/c1-3-4-21(25)24-18-10-16-15(11-22(26)23-17(16)12-20(18)27-2)13-5-6-19-14(9-13)7-8-28-19/h5-6,9-10,12,15H,3-4,7-8,11H2,1-2H3,(H,23,26)(H,24,25). The maximum atomic E-state index is 12.3. The van der Waals surface area contributed by atoms with Crippen molar-refractivity contribution in [2.75, 3.05) is 24.4 Å². The lowest BCUT2D eigenvalue weighted by Crippen LogP contribution is -2.24. The van der Waals surface area contributed by atoms with Gasteiger partial charge in [-0.05, 0) is 35.2 Å². The van der Waals surface area contributed by atoms with Gasteiger partial charge < -0.3 is 20.1 Å². The lowest BCUT2D eigenvalue weighted by molar-refractivity contribution is -0.117. The van der Waals surface area contributed by atoms with Gasteiger partial charge in [0, 0.05) is 36.9 Å². The first kappa shape index (κ1) is 18.3. The number of amides is 2. The van der Waals surface area contributed by atoms with Gasteiger partial charge in [-0.15, -0.1) is 0 Å². The Bertz CT molecular complexity index is 938. The molecular formula is C22H24N2O4. The summed E-state index contributed by atoms with van der Waals surface area (Å²) in [6.45, 7) is 2.66. The summed E-state index contributed by atoms with van der Waals surface area (Å²) in [4.78, 5) is 24.5. The molecule has 146 valence electrons. The van der Waals surface area contributed by atoms with E-state index >= 15 is 0 Å². The highest BCUT2D eigenvalue weighted by Gasteiger charge is 2.29. The fourth-order valence-electron chi connectivity index (χ4n) is 3.92. The van der Waals surface area contributed by atoms with Crippen molar-refractivity contribution in [3.8, 4) is 11.5 Å². The van der Waals surface area contributed by atoms with E-state index in [1.165, 1.54) is 5.56 Å². The molecule has 0 aromatic heterocycles. The summed E-state index contributed by atoms with van der Waals surface area (Å²) in [5.41, 5.74) is 4.59. The molecule has 2 heterocycles. The molecule has 0 fully saturated rings. The van der Waals surface area contributed by atoms with Crippen LogP contribution in [-0.4, -0.2) is 25.5 Å². The number of fused-ring (bicyclic) bond motifs is 2. The molecule has 1 unspecified atom stereocenters. The quantitative estimate of drug-likeness (QED) is 0.826. The Kier molecular flexibility index (Phi) is 4.94. The number of carbonyl (C=O) groups is 2. The molecule has 0 spiro atoms. The number of carbonyl (C=O) groups excluding carboxylic acids is 2. The Balaban J connectivity index is 1.75. The van der Waals surface area contributed by atoms with Crippen molar-refractivity contribution in [3.63, 3.8) is 0 Å². The number of methoxy groups -OCH3 is 1. The third-order valence-electron chi connectivity index (χ3n) is 5.28. The maximum Gasteiger partial charge on any atom is 0.225 e. The highest BCUT2D eigenvalue weighted by molar-refractivity contribution is 5.98. The number of nitrogens with one attached hydrogen (secondary N) is 2. The van der Waals surface area contributed by atoms with Gasteiger partial charge in [0.05, 0.1) is 19.4 Å². The first-order chi connectivity index (χ1) is 13.6. The van der Waals surface area contributed by atoms with E-state index in [0.717, 1.165) is 35.4 Å². The van der Waals surface area contributed by atoms with Crippen LogP contribution in [0.3, 0.4) is 0 Å². The lowest BCUT2D eigenvalue weighted by Gasteiger charge is -2.28. The van der Waals surface area contributed by atoms with E-state index in [1.807, 2.05) is 25.1 Å². The summed E-state index contributed by atoms with van der Waals surface area (Å²) in [5.74, 6) is 1.30. The van der Waals surface area contributed by atoms with Crippen LogP contribution in [-0.2, 0) is 16.0 Å². The third-order valence-corrected chi connectivity index (χ3v) is 5.28. The van der Waals surface area contributed by atoms with E-state index in [-0.39, 0.29) is 17.7 Å². The van der Waals surface area contributed by atoms with Crippen LogP contribution in [0.25, 0.3) is 0 Å². The highest BCUT2D eigenvalue weighted by Crippen LogP contribution is 2.43. The summed E-state index contributed by atoms with van der Waals surface area (Å²) >= 11 is 0. The van der Waals surface area contributed by atoms with Crippen LogP contribution < -0.4 is 20.1 Å². The van der Waals surface area contributed by atoms with E-state index in [1.54, 1.807) is 13.2 Å². The van der Waals surface area contributed by atoms with Crippen LogP contribution in [0.15, 0.2) is 30.3 Å². The summed E-state index contributed by atoms with van der Waals surface area (Å²) in [6, 6.07) is 9.86. The van der Waals surface area contributed by atoms with Crippen molar-refractivity contribution in [1.29, 1.82) is 0 Å². The molecule has 2 N–H and O–H groups in total.